The highest BCUT2D eigenvalue weighted by Gasteiger charge is 2.31. The van der Waals surface area contributed by atoms with Gasteiger partial charge in [-0.1, -0.05) is 35.9 Å². The smallest absolute Gasteiger partial charge is 0.481 e. The molecular formula is C16H13F3O3. The summed E-state index contributed by atoms with van der Waals surface area (Å²) in [6.45, 7) is 1.82. The van der Waals surface area contributed by atoms with Crippen LogP contribution in [0.5, 0.6) is 5.75 Å². The Morgan fingerprint density at radius 1 is 1.18 bits per heavy atom. The lowest BCUT2D eigenvalue weighted by atomic mass is 9.95. The topological polar surface area (TPSA) is 46.5 Å². The van der Waals surface area contributed by atoms with Crippen LogP contribution in [0.4, 0.5) is 13.2 Å². The standard InChI is InChI=1S/C16H13F3O3/c1-10-5-6-12(9-15(20)21)14(7-10)11-3-2-4-13(8-11)22-16(17,18)19/h2-8H,9H2,1H3,(H,20,21). The average molecular weight is 310 g/mol. The minimum absolute atomic E-state index is 0.208. The molecule has 0 fully saturated rings. The molecule has 0 aliphatic heterocycles. The Labute approximate surface area is 125 Å². The number of hydrogen-bond acceptors (Lipinski definition) is 2. The van der Waals surface area contributed by atoms with E-state index >= 15 is 0 Å². The molecule has 116 valence electrons. The van der Waals surface area contributed by atoms with Gasteiger partial charge in [0.15, 0.2) is 0 Å². The summed E-state index contributed by atoms with van der Waals surface area (Å²) in [5, 5.41) is 8.94. The normalized spacial score (nSPS) is 11.3. The SMILES string of the molecule is Cc1ccc(CC(=O)O)c(-c2cccc(OC(F)(F)F)c2)c1. The molecule has 0 heterocycles. The highest BCUT2D eigenvalue weighted by atomic mass is 19.4. The summed E-state index contributed by atoms with van der Waals surface area (Å²) in [7, 11) is 0. The van der Waals surface area contributed by atoms with E-state index in [0.717, 1.165) is 5.56 Å². The van der Waals surface area contributed by atoms with Crippen molar-refractivity contribution in [1.82, 2.24) is 0 Å². The van der Waals surface area contributed by atoms with Crippen LogP contribution < -0.4 is 4.74 Å². The van der Waals surface area contributed by atoms with Gasteiger partial charge in [0.05, 0.1) is 6.42 Å². The van der Waals surface area contributed by atoms with Gasteiger partial charge in [0.1, 0.15) is 5.75 Å². The van der Waals surface area contributed by atoms with Crippen molar-refractivity contribution in [3.63, 3.8) is 0 Å². The fourth-order valence-electron chi connectivity index (χ4n) is 2.14. The fraction of sp³-hybridized carbons (Fsp3) is 0.188. The molecule has 0 bridgehead atoms. The Bertz CT molecular complexity index is 693. The van der Waals surface area contributed by atoms with Crippen LogP contribution in [-0.2, 0) is 11.2 Å². The van der Waals surface area contributed by atoms with Gasteiger partial charge >= 0.3 is 12.3 Å². The molecule has 0 unspecified atom stereocenters. The number of rotatable bonds is 4. The Morgan fingerprint density at radius 3 is 2.55 bits per heavy atom. The van der Waals surface area contributed by atoms with Crippen LogP contribution in [0, 0.1) is 6.92 Å². The minimum Gasteiger partial charge on any atom is -0.481 e. The van der Waals surface area contributed by atoms with Crippen LogP contribution >= 0.6 is 0 Å². The predicted octanol–water partition coefficient (Wildman–Crippen LogP) is 4.19. The third-order valence-electron chi connectivity index (χ3n) is 2.99. The summed E-state index contributed by atoms with van der Waals surface area (Å²) in [5.74, 6) is -1.35. The summed E-state index contributed by atoms with van der Waals surface area (Å²) in [5.41, 5.74) is 2.46. The molecule has 2 aromatic carbocycles. The second-order valence-corrected chi connectivity index (χ2v) is 4.81. The predicted molar refractivity (Wildman–Crippen MR) is 74.6 cm³/mol. The van der Waals surface area contributed by atoms with Crippen LogP contribution in [0.2, 0.25) is 0 Å². The number of ether oxygens (including phenoxy) is 1. The fourth-order valence-corrected chi connectivity index (χ4v) is 2.14. The first-order valence-corrected chi connectivity index (χ1v) is 6.42. The largest absolute Gasteiger partial charge is 0.573 e. The molecule has 0 aliphatic rings. The number of carboxylic acids is 1. The average Bonchev–Trinajstić information content (AvgIpc) is 2.38. The molecular weight excluding hydrogens is 297 g/mol. The molecule has 0 atom stereocenters. The highest BCUT2D eigenvalue weighted by Crippen LogP contribution is 2.30. The minimum atomic E-state index is -4.77. The van der Waals surface area contributed by atoms with E-state index in [-0.39, 0.29) is 12.2 Å². The zero-order valence-electron chi connectivity index (χ0n) is 11.6. The van der Waals surface area contributed by atoms with Gasteiger partial charge in [0.2, 0.25) is 0 Å². The number of aryl methyl sites for hydroxylation is 1. The van der Waals surface area contributed by atoms with Crippen LogP contribution in [0.3, 0.4) is 0 Å². The van der Waals surface area contributed by atoms with Crippen molar-refractivity contribution >= 4 is 5.97 Å². The molecule has 2 aromatic rings. The number of hydrogen-bond donors (Lipinski definition) is 1. The zero-order chi connectivity index (χ0) is 16.3. The van der Waals surface area contributed by atoms with Crippen molar-refractivity contribution in [2.45, 2.75) is 19.7 Å². The number of carboxylic acid groups (broad SMARTS) is 1. The Morgan fingerprint density at radius 2 is 1.91 bits per heavy atom. The van der Waals surface area contributed by atoms with Crippen molar-refractivity contribution in [2.75, 3.05) is 0 Å². The Kier molecular flexibility index (Phi) is 4.40. The van der Waals surface area contributed by atoms with E-state index in [1.165, 1.54) is 18.2 Å². The number of carbonyl (C=O) groups is 1. The molecule has 0 spiro atoms. The van der Waals surface area contributed by atoms with E-state index in [0.29, 0.717) is 16.7 Å². The third-order valence-corrected chi connectivity index (χ3v) is 2.99. The molecule has 0 aromatic heterocycles. The van der Waals surface area contributed by atoms with Gasteiger partial charge in [-0.25, -0.2) is 0 Å². The van der Waals surface area contributed by atoms with Gasteiger partial charge < -0.3 is 9.84 Å². The van der Waals surface area contributed by atoms with Crippen molar-refractivity contribution in [1.29, 1.82) is 0 Å². The molecule has 0 saturated heterocycles. The van der Waals surface area contributed by atoms with Crippen molar-refractivity contribution in [3.8, 4) is 16.9 Å². The number of benzene rings is 2. The van der Waals surface area contributed by atoms with Crippen LogP contribution in [0.25, 0.3) is 11.1 Å². The van der Waals surface area contributed by atoms with Gasteiger partial charge in [-0.2, -0.15) is 0 Å². The molecule has 22 heavy (non-hydrogen) atoms. The van der Waals surface area contributed by atoms with E-state index in [1.54, 1.807) is 24.3 Å². The van der Waals surface area contributed by atoms with E-state index < -0.39 is 12.3 Å². The molecule has 0 aliphatic carbocycles. The molecule has 0 radical (unpaired) electrons. The summed E-state index contributed by atoms with van der Waals surface area (Å²) in [4.78, 5) is 10.9. The van der Waals surface area contributed by atoms with Crippen LogP contribution in [0.15, 0.2) is 42.5 Å². The molecule has 2 rings (SSSR count). The molecule has 3 nitrogen and oxygen atoms in total. The Balaban J connectivity index is 2.45. The monoisotopic (exact) mass is 310 g/mol. The first-order chi connectivity index (χ1) is 10.2. The van der Waals surface area contributed by atoms with Crippen molar-refractivity contribution in [3.05, 3.63) is 53.6 Å². The van der Waals surface area contributed by atoms with Gasteiger partial charge in [0.25, 0.3) is 0 Å². The van der Waals surface area contributed by atoms with Crippen molar-refractivity contribution < 1.29 is 27.8 Å². The first-order valence-electron chi connectivity index (χ1n) is 6.42. The summed E-state index contributed by atoms with van der Waals surface area (Å²) >= 11 is 0. The summed E-state index contributed by atoms with van der Waals surface area (Å²) < 4.78 is 40.8. The van der Waals surface area contributed by atoms with Gasteiger partial charge in [-0.3, -0.25) is 4.79 Å². The van der Waals surface area contributed by atoms with E-state index in [4.69, 9.17) is 5.11 Å². The lowest BCUT2D eigenvalue weighted by molar-refractivity contribution is -0.274. The van der Waals surface area contributed by atoms with Crippen LogP contribution in [-0.4, -0.2) is 17.4 Å². The van der Waals surface area contributed by atoms with Gasteiger partial charge in [-0.15, -0.1) is 13.2 Å². The quantitative estimate of drug-likeness (QED) is 0.921. The maximum absolute atomic E-state index is 12.3. The lowest BCUT2D eigenvalue weighted by Crippen LogP contribution is -2.17. The van der Waals surface area contributed by atoms with E-state index in [2.05, 4.69) is 4.74 Å². The van der Waals surface area contributed by atoms with Gasteiger partial charge in [0, 0.05) is 0 Å². The Hall–Kier alpha value is -2.50. The van der Waals surface area contributed by atoms with Crippen molar-refractivity contribution in [2.24, 2.45) is 0 Å². The summed E-state index contributed by atoms with van der Waals surface area (Å²) in [6, 6.07) is 10.7. The number of alkyl halides is 3. The lowest BCUT2D eigenvalue weighted by Gasteiger charge is -2.12. The molecule has 0 amide bonds. The maximum Gasteiger partial charge on any atom is 0.573 e. The first kappa shape index (κ1) is 15.9. The number of aliphatic carboxylic acids is 1. The van der Waals surface area contributed by atoms with Crippen LogP contribution in [0.1, 0.15) is 11.1 Å². The second-order valence-electron chi connectivity index (χ2n) is 4.81. The van der Waals surface area contributed by atoms with E-state index in [1.807, 2.05) is 6.92 Å². The zero-order valence-corrected chi connectivity index (χ0v) is 11.6. The second kappa shape index (κ2) is 6.09. The van der Waals surface area contributed by atoms with Gasteiger partial charge in [-0.05, 0) is 35.7 Å². The highest BCUT2D eigenvalue weighted by molar-refractivity contribution is 5.77. The maximum atomic E-state index is 12.3. The summed E-state index contributed by atoms with van der Waals surface area (Å²) in [6.07, 6.45) is -4.98. The number of halogens is 3. The molecule has 1 N–H and O–H groups in total. The van der Waals surface area contributed by atoms with E-state index in [9.17, 15) is 18.0 Å². The third kappa shape index (κ3) is 4.25. The molecule has 6 heteroatoms. The molecule has 0 saturated carbocycles.